The van der Waals surface area contributed by atoms with Gasteiger partial charge in [0.05, 0.1) is 10.2 Å². The lowest BCUT2D eigenvalue weighted by Gasteiger charge is -2.13. The number of hydrogen-bond donors (Lipinski definition) is 2. The number of rotatable bonds is 4. The molecule has 25 heavy (non-hydrogen) atoms. The van der Waals surface area contributed by atoms with Gasteiger partial charge in [0.25, 0.3) is 5.91 Å². The average Bonchev–Trinajstić information content (AvgIpc) is 2.94. The van der Waals surface area contributed by atoms with Gasteiger partial charge in [0, 0.05) is 11.3 Å². The fraction of sp³-hybridized carbons (Fsp3) is 0.167. The number of hydrogen-bond acceptors (Lipinski definition) is 4. The maximum absolute atomic E-state index is 12.5. The third-order valence-corrected chi connectivity index (χ3v) is 4.91. The lowest BCUT2D eigenvalue weighted by Crippen LogP contribution is -2.27. The average molecular weight is 355 g/mol. The second-order valence-electron chi connectivity index (χ2n) is 5.52. The topological polar surface area (TPSA) is 97.7 Å². The number of nitrogens with two attached hydrogens (primary N) is 1. The number of anilines is 1. The molecule has 3 rings (SSSR count). The maximum Gasteiger partial charge on any atom is 0.326 e. The fourth-order valence-electron chi connectivity index (χ4n) is 2.62. The van der Waals surface area contributed by atoms with Gasteiger partial charge < -0.3 is 15.4 Å². The second-order valence-corrected chi connectivity index (χ2v) is 6.53. The molecule has 0 spiro atoms. The van der Waals surface area contributed by atoms with Crippen molar-refractivity contribution in [1.29, 1.82) is 0 Å². The molecule has 0 saturated carbocycles. The molecule has 1 unspecified atom stereocenters. The standard InChI is InChI=1S/C18H17N3O3S/c1-2-13(17(23)24)21-14-5-3-4-6-15(14)25-18(21)20-16(22)11-7-9-12(19)10-8-11/h3-10,13H,2,19H2,1H3,(H,23,24). The van der Waals surface area contributed by atoms with Gasteiger partial charge in [-0.3, -0.25) is 4.79 Å². The molecule has 0 saturated heterocycles. The summed E-state index contributed by atoms with van der Waals surface area (Å²) < 4.78 is 2.50. The predicted octanol–water partition coefficient (Wildman–Crippen LogP) is 3.06. The summed E-state index contributed by atoms with van der Waals surface area (Å²) in [5, 5.41) is 9.55. The van der Waals surface area contributed by atoms with Crippen LogP contribution in [0.25, 0.3) is 10.2 Å². The van der Waals surface area contributed by atoms with Crippen LogP contribution < -0.4 is 10.5 Å². The van der Waals surface area contributed by atoms with Crippen LogP contribution in [0.5, 0.6) is 0 Å². The highest BCUT2D eigenvalue weighted by molar-refractivity contribution is 7.16. The number of nitrogen functional groups attached to an aromatic ring is 1. The van der Waals surface area contributed by atoms with Crippen LogP contribution in [0.4, 0.5) is 5.69 Å². The highest BCUT2D eigenvalue weighted by Crippen LogP contribution is 2.22. The number of aromatic nitrogens is 1. The molecule has 7 heteroatoms. The van der Waals surface area contributed by atoms with Crippen molar-refractivity contribution < 1.29 is 14.7 Å². The van der Waals surface area contributed by atoms with Crippen molar-refractivity contribution in [1.82, 2.24) is 4.57 Å². The summed E-state index contributed by atoms with van der Waals surface area (Å²) >= 11 is 1.30. The number of para-hydroxylation sites is 1. The van der Waals surface area contributed by atoms with E-state index in [2.05, 4.69) is 4.99 Å². The first kappa shape index (κ1) is 16.9. The van der Waals surface area contributed by atoms with E-state index in [1.165, 1.54) is 11.3 Å². The molecular weight excluding hydrogens is 338 g/mol. The maximum atomic E-state index is 12.5. The molecule has 0 aliphatic heterocycles. The molecule has 0 radical (unpaired) electrons. The molecule has 0 fully saturated rings. The Balaban J connectivity index is 2.19. The zero-order chi connectivity index (χ0) is 18.0. The Labute approximate surface area is 147 Å². The largest absolute Gasteiger partial charge is 0.480 e. The van der Waals surface area contributed by atoms with Crippen molar-refractivity contribution in [3.8, 4) is 0 Å². The Morgan fingerprint density at radius 1 is 1.20 bits per heavy atom. The third kappa shape index (κ3) is 3.32. The SMILES string of the molecule is CCC(C(=O)O)n1c(=NC(=O)c2ccc(N)cc2)sc2ccccc21. The molecule has 3 aromatic rings. The van der Waals surface area contributed by atoms with Crippen LogP contribution in [0.1, 0.15) is 29.7 Å². The fourth-order valence-corrected chi connectivity index (χ4v) is 3.68. The summed E-state index contributed by atoms with van der Waals surface area (Å²) in [6.07, 6.45) is 0.388. The number of nitrogens with zero attached hydrogens (tertiary/aromatic N) is 2. The normalized spacial score (nSPS) is 13.1. The summed E-state index contributed by atoms with van der Waals surface area (Å²) in [6.45, 7) is 1.80. The Kier molecular flexibility index (Phi) is 4.67. The van der Waals surface area contributed by atoms with Gasteiger partial charge >= 0.3 is 5.97 Å². The van der Waals surface area contributed by atoms with Gasteiger partial charge in [0.15, 0.2) is 4.80 Å². The summed E-state index contributed by atoms with van der Waals surface area (Å²) in [4.78, 5) is 28.7. The quantitative estimate of drug-likeness (QED) is 0.703. The number of fused-ring (bicyclic) bond motifs is 1. The van der Waals surface area contributed by atoms with Crippen LogP contribution in [0.15, 0.2) is 53.5 Å². The van der Waals surface area contributed by atoms with Crippen molar-refractivity contribution in [2.75, 3.05) is 5.73 Å². The zero-order valence-corrected chi connectivity index (χ0v) is 14.4. The number of carboxylic acids is 1. The molecule has 0 aliphatic carbocycles. The van der Waals surface area contributed by atoms with E-state index in [1.54, 1.807) is 35.8 Å². The van der Waals surface area contributed by atoms with Crippen LogP contribution >= 0.6 is 11.3 Å². The lowest BCUT2D eigenvalue weighted by atomic mass is 10.2. The van der Waals surface area contributed by atoms with Crippen LogP contribution in [-0.2, 0) is 4.79 Å². The Morgan fingerprint density at radius 2 is 1.88 bits per heavy atom. The molecule has 6 nitrogen and oxygen atoms in total. The van der Waals surface area contributed by atoms with Crippen LogP contribution in [-0.4, -0.2) is 21.6 Å². The van der Waals surface area contributed by atoms with Crippen molar-refractivity contribution in [3.63, 3.8) is 0 Å². The minimum absolute atomic E-state index is 0.372. The molecule has 2 aromatic carbocycles. The van der Waals surface area contributed by atoms with E-state index in [9.17, 15) is 14.7 Å². The number of aliphatic carboxylic acids is 1. The van der Waals surface area contributed by atoms with Gasteiger partial charge in [-0.2, -0.15) is 4.99 Å². The van der Waals surface area contributed by atoms with Gasteiger partial charge in [-0.25, -0.2) is 4.79 Å². The summed E-state index contributed by atoms with van der Waals surface area (Å²) in [7, 11) is 0. The molecule has 1 amide bonds. The molecule has 128 valence electrons. The number of benzene rings is 2. The first-order valence-electron chi connectivity index (χ1n) is 7.78. The Hall–Kier alpha value is -2.93. The summed E-state index contributed by atoms with van der Waals surface area (Å²) in [5.41, 5.74) is 7.36. The molecule has 0 aliphatic rings. The number of amides is 1. The molecule has 1 atom stereocenters. The van der Waals surface area contributed by atoms with Gasteiger partial charge in [-0.05, 0) is 42.8 Å². The van der Waals surface area contributed by atoms with Gasteiger partial charge in [0.2, 0.25) is 0 Å². The minimum atomic E-state index is -0.951. The molecule has 0 bridgehead atoms. The third-order valence-electron chi connectivity index (χ3n) is 3.87. The number of carbonyl (C=O) groups excluding carboxylic acids is 1. The number of carbonyl (C=O) groups is 2. The number of carboxylic acid groups (broad SMARTS) is 1. The first-order chi connectivity index (χ1) is 12.0. The summed E-state index contributed by atoms with van der Waals surface area (Å²) in [6, 6.07) is 13.1. The van der Waals surface area contributed by atoms with Crippen LogP contribution in [0.2, 0.25) is 0 Å². The second kappa shape index (κ2) is 6.90. The van der Waals surface area contributed by atoms with E-state index >= 15 is 0 Å². The van der Waals surface area contributed by atoms with Crippen LogP contribution in [0, 0.1) is 0 Å². The highest BCUT2D eigenvalue weighted by atomic mass is 32.1. The van der Waals surface area contributed by atoms with Gasteiger partial charge in [-0.1, -0.05) is 30.4 Å². The minimum Gasteiger partial charge on any atom is -0.480 e. The number of thiazole rings is 1. The van der Waals surface area contributed by atoms with Crippen molar-refractivity contribution >= 4 is 39.1 Å². The van der Waals surface area contributed by atoms with E-state index in [0.717, 1.165) is 10.2 Å². The molecule has 1 aromatic heterocycles. The van der Waals surface area contributed by atoms with Crippen molar-refractivity contribution in [2.24, 2.45) is 4.99 Å². The van der Waals surface area contributed by atoms with E-state index in [1.807, 2.05) is 24.3 Å². The Morgan fingerprint density at radius 3 is 2.52 bits per heavy atom. The lowest BCUT2D eigenvalue weighted by molar-refractivity contribution is -0.140. The van der Waals surface area contributed by atoms with Gasteiger partial charge in [-0.15, -0.1) is 0 Å². The van der Waals surface area contributed by atoms with E-state index in [4.69, 9.17) is 5.73 Å². The first-order valence-corrected chi connectivity index (χ1v) is 8.60. The predicted molar refractivity (Wildman–Crippen MR) is 97.5 cm³/mol. The smallest absolute Gasteiger partial charge is 0.326 e. The molecule has 3 N–H and O–H groups in total. The highest BCUT2D eigenvalue weighted by Gasteiger charge is 2.21. The summed E-state index contributed by atoms with van der Waals surface area (Å²) in [5.74, 6) is -1.38. The van der Waals surface area contributed by atoms with Crippen LogP contribution in [0.3, 0.4) is 0 Å². The van der Waals surface area contributed by atoms with Crippen molar-refractivity contribution in [2.45, 2.75) is 19.4 Å². The Bertz CT molecular complexity index is 1000. The van der Waals surface area contributed by atoms with E-state index in [0.29, 0.717) is 22.5 Å². The van der Waals surface area contributed by atoms with E-state index in [-0.39, 0.29) is 0 Å². The van der Waals surface area contributed by atoms with E-state index < -0.39 is 17.9 Å². The zero-order valence-electron chi connectivity index (χ0n) is 13.5. The monoisotopic (exact) mass is 355 g/mol. The van der Waals surface area contributed by atoms with Gasteiger partial charge in [0.1, 0.15) is 6.04 Å². The molecule has 1 heterocycles. The molecular formula is C18H17N3O3S. The van der Waals surface area contributed by atoms with Crippen molar-refractivity contribution in [3.05, 3.63) is 58.9 Å².